The maximum Gasteiger partial charge on any atom is 0.119 e. The molecule has 0 radical (unpaired) electrons. The fourth-order valence-electron chi connectivity index (χ4n) is 1.59. The minimum absolute atomic E-state index is 0. The van der Waals surface area contributed by atoms with Crippen LogP contribution in [0.15, 0.2) is 24.3 Å². The highest BCUT2D eigenvalue weighted by Crippen LogP contribution is 2.17. The van der Waals surface area contributed by atoms with Gasteiger partial charge in [0.25, 0.3) is 0 Å². The molecule has 0 spiro atoms. The van der Waals surface area contributed by atoms with E-state index < -0.39 is 0 Å². The van der Waals surface area contributed by atoms with Crippen molar-refractivity contribution in [1.82, 2.24) is 5.32 Å². The van der Waals surface area contributed by atoms with Gasteiger partial charge in [0.15, 0.2) is 0 Å². The molecule has 4 nitrogen and oxygen atoms in total. The first kappa shape index (κ1) is 14.1. The van der Waals surface area contributed by atoms with Crippen molar-refractivity contribution in [2.75, 3.05) is 33.4 Å². The summed E-state index contributed by atoms with van der Waals surface area (Å²) in [4.78, 5) is 0. The summed E-state index contributed by atoms with van der Waals surface area (Å²) in [5, 5.41) is 3.26. The molecule has 0 bridgehead atoms. The highest BCUT2D eigenvalue weighted by Gasteiger charge is 2.13. The highest BCUT2D eigenvalue weighted by atomic mass is 35.5. The molecule has 0 unspecified atom stereocenters. The Labute approximate surface area is 108 Å². The van der Waals surface area contributed by atoms with E-state index in [0.717, 1.165) is 31.2 Å². The minimum Gasteiger partial charge on any atom is -0.497 e. The fraction of sp³-hybridized carbons (Fsp3) is 0.500. The number of hydrogen-bond acceptors (Lipinski definition) is 4. The van der Waals surface area contributed by atoms with Crippen LogP contribution in [0, 0.1) is 0 Å². The van der Waals surface area contributed by atoms with Gasteiger partial charge in [0.2, 0.25) is 0 Å². The maximum atomic E-state index is 5.62. The monoisotopic (exact) mass is 259 g/mol. The molecule has 1 aliphatic rings. The van der Waals surface area contributed by atoms with E-state index in [1.807, 2.05) is 24.3 Å². The normalized spacial score (nSPS) is 19.2. The molecular weight excluding hydrogens is 242 g/mol. The summed E-state index contributed by atoms with van der Waals surface area (Å²) >= 11 is 0. The van der Waals surface area contributed by atoms with Crippen LogP contribution in [0.2, 0.25) is 0 Å². The molecule has 1 saturated heterocycles. The van der Waals surface area contributed by atoms with Crippen LogP contribution in [-0.4, -0.2) is 39.5 Å². The summed E-state index contributed by atoms with van der Waals surface area (Å²) in [6.45, 7) is 3.13. The molecule has 1 aromatic rings. The molecule has 1 aliphatic heterocycles. The average Bonchev–Trinajstić information content (AvgIpc) is 2.38. The van der Waals surface area contributed by atoms with Gasteiger partial charge in [0.05, 0.1) is 13.7 Å². The second-order valence-electron chi connectivity index (χ2n) is 3.68. The Morgan fingerprint density at radius 1 is 1.29 bits per heavy atom. The Hall–Kier alpha value is -0.970. The molecule has 5 heteroatoms. The number of benzene rings is 1. The van der Waals surface area contributed by atoms with E-state index in [0.29, 0.717) is 6.61 Å². The molecule has 17 heavy (non-hydrogen) atoms. The van der Waals surface area contributed by atoms with Gasteiger partial charge in [-0.2, -0.15) is 0 Å². The number of rotatable bonds is 4. The molecule has 2 rings (SSSR count). The smallest absolute Gasteiger partial charge is 0.119 e. The summed E-state index contributed by atoms with van der Waals surface area (Å²) in [6.07, 6.45) is 0.149. The molecule has 0 amide bonds. The van der Waals surface area contributed by atoms with E-state index in [4.69, 9.17) is 14.2 Å². The molecule has 1 aromatic carbocycles. The SMILES string of the molecule is COc1ccc(OC[C@H]2CNCCO2)cc1.Cl. The van der Waals surface area contributed by atoms with Crippen molar-refractivity contribution in [2.24, 2.45) is 0 Å². The van der Waals surface area contributed by atoms with Crippen molar-refractivity contribution in [3.05, 3.63) is 24.3 Å². The standard InChI is InChI=1S/C12H17NO3.ClH/c1-14-10-2-4-11(5-3-10)16-9-12-8-13-6-7-15-12;/h2-5,12-13H,6-9H2,1H3;1H/t12-;/m1./s1. The third-order valence-electron chi connectivity index (χ3n) is 2.50. The Balaban J connectivity index is 0.00000144. The quantitative estimate of drug-likeness (QED) is 0.889. The van der Waals surface area contributed by atoms with Crippen molar-refractivity contribution in [1.29, 1.82) is 0 Å². The Morgan fingerprint density at radius 2 is 2.00 bits per heavy atom. The van der Waals surface area contributed by atoms with Gasteiger partial charge < -0.3 is 19.5 Å². The van der Waals surface area contributed by atoms with Crippen LogP contribution in [-0.2, 0) is 4.74 Å². The van der Waals surface area contributed by atoms with Gasteiger partial charge in [0, 0.05) is 13.1 Å². The average molecular weight is 260 g/mol. The van der Waals surface area contributed by atoms with Crippen LogP contribution in [0.3, 0.4) is 0 Å². The predicted octanol–water partition coefficient (Wildman–Crippen LogP) is 1.48. The van der Waals surface area contributed by atoms with Crippen LogP contribution >= 0.6 is 12.4 Å². The van der Waals surface area contributed by atoms with E-state index in [-0.39, 0.29) is 18.5 Å². The number of hydrogen-bond donors (Lipinski definition) is 1. The summed E-state index contributed by atoms with van der Waals surface area (Å²) < 4.78 is 16.2. The van der Waals surface area contributed by atoms with Crippen LogP contribution in [0.5, 0.6) is 11.5 Å². The van der Waals surface area contributed by atoms with Gasteiger partial charge in [-0.15, -0.1) is 12.4 Å². The molecule has 1 fully saturated rings. The lowest BCUT2D eigenvalue weighted by Gasteiger charge is -2.23. The molecule has 96 valence electrons. The summed E-state index contributed by atoms with van der Waals surface area (Å²) in [5.41, 5.74) is 0. The second kappa shape index (κ2) is 7.37. The summed E-state index contributed by atoms with van der Waals surface area (Å²) in [6, 6.07) is 7.56. The number of nitrogens with one attached hydrogen (secondary N) is 1. The first-order valence-corrected chi connectivity index (χ1v) is 5.47. The third-order valence-corrected chi connectivity index (χ3v) is 2.50. The number of ether oxygens (including phenoxy) is 3. The third kappa shape index (κ3) is 4.42. The molecular formula is C12H18ClNO3. The van der Waals surface area contributed by atoms with E-state index in [9.17, 15) is 0 Å². The van der Waals surface area contributed by atoms with E-state index >= 15 is 0 Å². The van der Waals surface area contributed by atoms with E-state index in [1.165, 1.54) is 0 Å². The second-order valence-corrected chi connectivity index (χ2v) is 3.68. The maximum absolute atomic E-state index is 5.62. The van der Waals surface area contributed by atoms with Crippen molar-refractivity contribution >= 4 is 12.4 Å². The van der Waals surface area contributed by atoms with Crippen molar-refractivity contribution in [3.8, 4) is 11.5 Å². The number of morpholine rings is 1. The van der Waals surface area contributed by atoms with Crippen LogP contribution in [0.4, 0.5) is 0 Å². The van der Waals surface area contributed by atoms with E-state index in [2.05, 4.69) is 5.32 Å². The highest BCUT2D eigenvalue weighted by molar-refractivity contribution is 5.85. The molecule has 1 atom stereocenters. The Bertz CT molecular complexity index is 312. The largest absolute Gasteiger partial charge is 0.497 e. The predicted molar refractivity (Wildman–Crippen MR) is 68.3 cm³/mol. The first-order chi connectivity index (χ1) is 7.88. The lowest BCUT2D eigenvalue weighted by Crippen LogP contribution is -2.41. The number of methoxy groups -OCH3 is 1. The lowest BCUT2D eigenvalue weighted by molar-refractivity contribution is 0.000188. The first-order valence-electron chi connectivity index (χ1n) is 5.47. The molecule has 1 N–H and O–H groups in total. The van der Waals surface area contributed by atoms with Gasteiger partial charge in [-0.3, -0.25) is 0 Å². The lowest BCUT2D eigenvalue weighted by atomic mass is 10.3. The molecule has 0 saturated carbocycles. The van der Waals surface area contributed by atoms with Gasteiger partial charge in [-0.1, -0.05) is 0 Å². The van der Waals surface area contributed by atoms with Crippen molar-refractivity contribution in [3.63, 3.8) is 0 Å². The zero-order valence-corrected chi connectivity index (χ0v) is 10.7. The van der Waals surface area contributed by atoms with Crippen LogP contribution in [0.25, 0.3) is 0 Å². The van der Waals surface area contributed by atoms with Gasteiger partial charge in [0.1, 0.15) is 24.2 Å². The zero-order valence-electron chi connectivity index (χ0n) is 9.85. The Kier molecular flexibility index (Phi) is 6.11. The number of halogens is 1. The van der Waals surface area contributed by atoms with Crippen molar-refractivity contribution in [2.45, 2.75) is 6.10 Å². The summed E-state index contributed by atoms with van der Waals surface area (Å²) in [5.74, 6) is 1.68. The van der Waals surface area contributed by atoms with Crippen LogP contribution in [0.1, 0.15) is 0 Å². The van der Waals surface area contributed by atoms with Gasteiger partial charge >= 0.3 is 0 Å². The molecule has 0 aromatic heterocycles. The fourth-order valence-corrected chi connectivity index (χ4v) is 1.59. The molecule has 1 heterocycles. The zero-order chi connectivity index (χ0) is 11.2. The van der Waals surface area contributed by atoms with Gasteiger partial charge in [-0.05, 0) is 24.3 Å². The van der Waals surface area contributed by atoms with Gasteiger partial charge in [-0.25, -0.2) is 0 Å². The topological polar surface area (TPSA) is 39.7 Å². The molecule has 0 aliphatic carbocycles. The van der Waals surface area contributed by atoms with Crippen LogP contribution < -0.4 is 14.8 Å². The van der Waals surface area contributed by atoms with E-state index in [1.54, 1.807) is 7.11 Å². The summed E-state index contributed by atoms with van der Waals surface area (Å²) in [7, 11) is 1.65. The Morgan fingerprint density at radius 3 is 2.59 bits per heavy atom. The van der Waals surface area contributed by atoms with Crippen molar-refractivity contribution < 1.29 is 14.2 Å². The minimum atomic E-state index is 0.